The van der Waals surface area contributed by atoms with Gasteiger partial charge >= 0.3 is 0 Å². The minimum atomic E-state index is -0.647. The molecule has 19 heavy (non-hydrogen) atoms. The van der Waals surface area contributed by atoms with E-state index in [4.69, 9.17) is 17.3 Å². The van der Waals surface area contributed by atoms with Gasteiger partial charge in [-0.25, -0.2) is 0 Å². The minimum absolute atomic E-state index is 0.298. The van der Waals surface area contributed by atoms with Gasteiger partial charge in [-0.05, 0) is 31.5 Å². The van der Waals surface area contributed by atoms with Crippen LogP contribution in [-0.4, -0.2) is 23.9 Å². The van der Waals surface area contributed by atoms with Crippen LogP contribution in [0, 0.1) is 0 Å². The number of hydrogen-bond donors (Lipinski definition) is 3. The zero-order valence-electron chi connectivity index (χ0n) is 10.9. The summed E-state index contributed by atoms with van der Waals surface area (Å²) in [5.41, 5.74) is 7.04. The summed E-state index contributed by atoms with van der Waals surface area (Å²) in [4.78, 5) is 23.2. The maximum absolute atomic E-state index is 11.8. The number of rotatable bonds is 5. The summed E-state index contributed by atoms with van der Waals surface area (Å²) in [6.45, 7) is 3.16. The first-order chi connectivity index (χ1) is 8.93. The van der Waals surface area contributed by atoms with Crippen molar-refractivity contribution in [1.29, 1.82) is 0 Å². The molecule has 1 aromatic rings. The van der Waals surface area contributed by atoms with Crippen LogP contribution in [-0.2, 0) is 15.5 Å². The second kappa shape index (κ2) is 7.11. The first-order valence-electron chi connectivity index (χ1n) is 5.95. The van der Waals surface area contributed by atoms with Gasteiger partial charge in [-0.2, -0.15) is 0 Å². The van der Waals surface area contributed by atoms with E-state index >= 15 is 0 Å². The average molecular weight is 284 g/mol. The lowest BCUT2D eigenvalue weighted by atomic mass is 10.2. The van der Waals surface area contributed by atoms with Gasteiger partial charge in [0, 0.05) is 11.6 Å². The van der Waals surface area contributed by atoms with Crippen molar-refractivity contribution in [3.63, 3.8) is 0 Å². The Morgan fingerprint density at radius 1 is 1.21 bits per heavy atom. The molecule has 0 radical (unpaired) electrons. The Hall–Kier alpha value is -1.59. The maximum atomic E-state index is 11.8. The van der Waals surface area contributed by atoms with E-state index in [2.05, 4.69) is 10.6 Å². The van der Waals surface area contributed by atoms with Crippen LogP contribution < -0.4 is 16.4 Å². The van der Waals surface area contributed by atoms with Gasteiger partial charge in [0.05, 0.1) is 6.04 Å². The molecule has 0 aliphatic rings. The monoisotopic (exact) mass is 283 g/mol. The normalized spacial score (nSPS) is 13.5. The molecule has 5 nitrogen and oxygen atoms in total. The van der Waals surface area contributed by atoms with Gasteiger partial charge in [-0.15, -0.1) is 11.6 Å². The topological polar surface area (TPSA) is 84.2 Å². The number of halogens is 1. The molecule has 4 N–H and O–H groups in total. The Kier molecular flexibility index (Phi) is 5.79. The summed E-state index contributed by atoms with van der Waals surface area (Å²) >= 11 is 5.68. The minimum Gasteiger partial charge on any atom is -0.343 e. The molecular formula is C13H18ClN3O2. The Morgan fingerprint density at radius 2 is 1.79 bits per heavy atom. The van der Waals surface area contributed by atoms with Crippen molar-refractivity contribution in [1.82, 2.24) is 5.32 Å². The van der Waals surface area contributed by atoms with Gasteiger partial charge in [0.2, 0.25) is 11.8 Å². The number of amides is 2. The van der Waals surface area contributed by atoms with Gasteiger partial charge in [0.25, 0.3) is 0 Å². The lowest BCUT2D eigenvalue weighted by Gasteiger charge is -2.15. The molecule has 2 atom stereocenters. The molecule has 6 heteroatoms. The van der Waals surface area contributed by atoms with Gasteiger partial charge in [0.1, 0.15) is 6.04 Å². The summed E-state index contributed by atoms with van der Waals surface area (Å²) in [5.74, 6) is -0.234. The third-order valence-electron chi connectivity index (χ3n) is 2.54. The molecule has 2 amide bonds. The van der Waals surface area contributed by atoms with Gasteiger partial charge in [-0.3, -0.25) is 9.59 Å². The highest BCUT2D eigenvalue weighted by atomic mass is 35.5. The fraction of sp³-hybridized carbons (Fsp3) is 0.385. The first-order valence-corrected chi connectivity index (χ1v) is 6.49. The van der Waals surface area contributed by atoms with Gasteiger partial charge in [-0.1, -0.05) is 12.1 Å². The van der Waals surface area contributed by atoms with Gasteiger partial charge in [0.15, 0.2) is 0 Å². The lowest BCUT2D eigenvalue weighted by molar-refractivity contribution is -0.126. The van der Waals surface area contributed by atoms with Crippen LogP contribution in [0.1, 0.15) is 19.4 Å². The molecule has 0 saturated carbocycles. The highest BCUT2D eigenvalue weighted by Crippen LogP contribution is 2.11. The van der Waals surface area contributed by atoms with Crippen molar-refractivity contribution in [2.24, 2.45) is 5.73 Å². The Labute approximate surface area is 117 Å². The fourth-order valence-electron chi connectivity index (χ4n) is 1.34. The van der Waals surface area contributed by atoms with Crippen molar-refractivity contribution in [2.75, 3.05) is 5.32 Å². The number of carbonyl (C=O) groups excluding carboxylic acids is 2. The molecule has 0 spiro atoms. The highest BCUT2D eigenvalue weighted by Gasteiger charge is 2.17. The maximum Gasteiger partial charge on any atom is 0.246 e. The number of benzene rings is 1. The largest absolute Gasteiger partial charge is 0.343 e. The smallest absolute Gasteiger partial charge is 0.246 e. The van der Waals surface area contributed by atoms with Crippen molar-refractivity contribution in [3.05, 3.63) is 29.8 Å². The number of nitrogens with one attached hydrogen (secondary N) is 2. The number of nitrogens with two attached hydrogens (primary N) is 1. The van der Waals surface area contributed by atoms with E-state index in [0.717, 1.165) is 5.56 Å². The molecule has 1 aromatic carbocycles. The van der Waals surface area contributed by atoms with E-state index in [1.165, 1.54) is 0 Å². The second-order valence-electron chi connectivity index (χ2n) is 4.34. The molecule has 0 unspecified atom stereocenters. The van der Waals surface area contributed by atoms with Crippen molar-refractivity contribution in [3.8, 4) is 0 Å². The third-order valence-corrected chi connectivity index (χ3v) is 2.85. The Balaban J connectivity index is 2.55. The van der Waals surface area contributed by atoms with E-state index in [1.54, 1.807) is 26.0 Å². The van der Waals surface area contributed by atoms with E-state index in [1.807, 2.05) is 12.1 Å². The van der Waals surface area contributed by atoms with E-state index in [-0.39, 0.29) is 11.8 Å². The zero-order valence-corrected chi connectivity index (χ0v) is 11.7. The molecule has 0 aromatic heterocycles. The van der Waals surface area contributed by atoms with E-state index in [0.29, 0.717) is 11.6 Å². The van der Waals surface area contributed by atoms with Crippen LogP contribution in [0.25, 0.3) is 0 Å². The summed E-state index contributed by atoms with van der Waals surface area (Å²) in [5, 5.41) is 5.22. The Morgan fingerprint density at radius 3 is 2.26 bits per heavy atom. The standard InChI is InChI=1S/C13H18ClN3O2/c1-8(15)12(18)16-9(2)13(19)17-11-5-3-10(7-14)4-6-11/h3-6,8-9H,7,15H2,1-2H3,(H,16,18)(H,17,19)/t8-,9-/m0/s1. The van der Waals surface area contributed by atoms with Crippen molar-refractivity contribution < 1.29 is 9.59 Å². The number of alkyl halides is 1. The molecule has 104 valence electrons. The van der Waals surface area contributed by atoms with Crippen LogP contribution >= 0.6 is 11.6 Å². The molecule has 1 rings (SSSR count). The molecule has 0 bridgehead atoms. The fourth-order valence-corrected chi connectivity index (χ4v) is 1.52. The second-order valence-corrected chi connectivity index (χ2v) is 4.61. The lowest BCUT2D eigenvalue weighted by Crippen LogP contribution is -2.47. The summed E-state index contributed by atoms with van der Waals surface area (Å²) < 4.78 is 0. The van der Waals surface area contributed by atoms with Crippen LogP contribution in [0.3, 0.4) is 0 Å². The first kappa shape index (κ1) is 15.5. The van der Waals surface area contributed by atoms with Crippen molar-refractivity contribution in [2.45, 2.75) is 31.8 Å². The number of anilines is 1. The predicted octanol–water partition coefficient (Wildman–Crippen LogP) is 1.22. The average Bonchev–Trinajstić information content (AvgIpc) is 2.39. The molecule has 0 aliphatic heterocycles. The quantitative estimate of drug-likeness (QED) is 0.710. The molecule has 0 aliphatic carbocycles. The third kappa shape index (κ3) is 4.89. The van der Waals surface area contributed by atoms with Crippen LogP contribution in [0.4, 0.5) is 5.69 Å². The molecule has 0 saturated heterocycles. The molecule has 0 fully saturated rings. The summed E-state index contributed by atoms with van der Waals surface area (Å²) in [6, 6.07) is 5.89. The van der Waals surface area contributed by atoms with Crippen LogP contribution in [0.2, 0.25) is 0 Å². The van der Waals surface area contributed by atoms with Crippen molar-refractivity contribution >= 4 is 29.1 Å². The summed E-state index contributed by atoms with van der Waals surface area (Å²) in [7, 11) is 0. The SMILES string of the molecule is C[C@H](N)C(=O)N[C@@H](C)C(=O)Nc1ccc(CCl)cc1. The molecule has 0 heterocycles. The highest BCUT2D eigenvalue weighted by molar-refractivity contribution is 6.17. The van der Waals surface area contributed by atoms with E-state index in [9.17, 15) is 9.59 Å². The van der Waals surface area contributed by atoms with Crippen LogP contribution in [0.5, 0.6) is 0 Å². The number of hydrogen-bond acceptors (Lipinski definition) is 3. The zero-order chi connectivity index (χ0) is 14.4. The summed E-state index contributed by atoms with van der Waals surface area (Å²) in [6.07, 6.45) is 0. The van der Waals surface area contributed by atoms with E-state index < -0.39 is 12.1 Å². The number of carbonyl (C=O) groups is 2. The predicted molar refractivity (Wildman–Crippen MR) is 75.9 cm³/mol. The Bertz CT molecular complexity index is 446. The van der Waals surface area contributed by atoms with Gasteiger partial charge < -0.3 is 16.4 Å². The molecular weight excluding hydrogens is 266 g/mol. The van der Waals surface area contributed by atoms with Crippen LogP contribution in [0.15, 0.2) is 24.3 Å².